The molecule has 2 N–H and O–H groups in total. The summed E-state index contributed by atoms with van der Waals surface area (Å²) in [6.45, 7) is 2.04. The van der Waals surface area contributed by atoms with Gasteiger partial charge in [0.25, 0.3) is 0 Å². The molecule has 2 unspecified atom stereocenters. The summed E-state index contributed by atoms with van der Waals surface area (Å²) in [5, 5.41) is 6.12. The van der Waals surface area contributed by atoms with Gasteiger partial charge >= 0.3 is 0 Å². The molecule has 4 heteroatoms. The summed E-state index contributed by atoms with van der Waals surface area (Å²) in [5.41, 5.74) is 0. The summed E-state index contributed by atoms with van der Waals surface area (Å²) in [6.07, 6.45) is 3.84. The van der Waals surface area contributed by atoms with Crippen LogP contribution in [-0.2, 0) is 9.53 Å². The van der Waals surface area contributed by atoms with Crippen LogP contribution in [0.3, 0.4) is 0 Å². The van der Waals surface area contributed by atoms with Gasteiger partial charge in [-0.2, -0.15) is 0 Å². The molecule has 0 aromatic heterocycles. The van der Waals surface area contributed by atoms with Crippen LogP contribution < -0.4 is 10.6 Å². The molecule has 0 spiro atoms. The van der Waals surface area contributed by atoms with Crippen LogP contribution in [0.2, 0.25) is 0 Å². The predicted octanol–water partition coefficient (Wildman–Crippen LogP) is 0.137. The molecule has 2 fully saturated rings. The van der Waals surface area contributed by atoms with Gasteiger partial charge in [0.05, 0.1) is 19.1 Å². The Hall–Kier alpha value is -0.610. The Morgan fingerprint density at radius 3 is 2.87 bits per heavy atom. The highest BCUT2D eigenvalue weighted by Crippen LogP contribution is 2.31. The van der Waals surface area contributed by atoms with Crippen molar-refractivity contribution in [3.05, 3.63) is 0 Å². The van der Waals surface area contributed by atoms with Crippen LogP contribution in [0.1, 0.15) is 19.3 Å². The van der Waals surface area contributed by atoms with Gasteiger partial charge in [0.15, 0.2) is 0 Å². The van der Waals surface area contributed by atoms with E-state index in [9.17, 15) is 4.79 Å². The molecule has 0 aromatic carbocycles. The lowest BCUT2D eigenvalue weighted by Gasteiger charge is -2.16. The van der Waals surface area contributed by atoms with Crippen LogP contribution in [0.15, 0.2) is 0 Å². The number of amides is 1. The smallest absolute Gasteiger partial charge is 0.227 e. The number of ether oxygens (including phenoxy) is 1. The molecule has 0 aromatic rings. The van der Waals surface area contributed by atoms with Gasteiger partial charge in [-0.3, -0.25) is 4.79 Å². The molecule has 0 bridgehead atoms. The molecule has 2 aliphatic rings. The summed E-state index contributed by atoms with van der Waals surface area (Å²) in [6, 6.07) is 0.186. The fourth-order valence-electron chi connectivity index (χ4n) is 2.03. The Bertz CT molecular complexity index is 229. The van der Waals surface area contributed by atoms with Crippen molar-refractivity contribution in [3.8, 4) is 0 Å². The zero-order valence-corrected chi connectivity index (χ0v) is 9.29. The fourth-order valence-corrected chi connectivity index (χ4v) is 2.03. The third-order valence-electron chi connectivity index (χ3n) is 3.34. The SMILES string of the molecule is CNC1COCC1C(=O)NCCC1CC1. The molecule has 4 nitrogen and oxygen atoms in total. The first-order valence-electron chi connectivity index (χ1n) is 5.84. The summed E-state index contributed by atoms with van der Waals surface area (Å²) < 4.78 is 5.30. The molecular formula is C11H20N2O2. The topological polar surface area (TPSA) is 50.4 Å². The van der Waals surface area contributed by atoms with Gasteiger partial charge in [-0.15, -0.1) is 0 Å². The molecule has 1 aliphatic heterocycles. The summed E-state index contributed by atoms with van der Waals surface area (Å²) in [4.78, 5) is 11.8. The van der Waals surface area contributed by atoms with Gasteiger partial charge < -0.3 is 15.4 Å². The van der Waals surface area contributed by atoms with Crippen molar-refractivity contribution < 1.29 is 9.53 Å². The lowest BCUT2D eigenvalue weighted by Crippen LogP contribution is -2.42. The van der Waals surface area contributed by atoms with Crippen molar-refractivity contribution >= 4 is 5.91 Å². The molecule has 1 aliphatic carbocycles. The highest BCUT2D eigenvalue weighted by molar-refractivity contribution is 5.79. The van der Waals surface area contributed by atoms with E-state index in [4.69, 9.17) is 4.74 Å². The maximum absolute atomic E-state index is 11.8. The molecule has 1 saturated carbocycles. The van der Waals surface area contributed by atoms with E-state index in [1.165, 1.54) is 12.8 Å². The molecule has 1 saturated heterocycles. The zero-order chi connectivity index (χ0) is 10.7. The number of rotatable bonds is 5. The van der Waals surface area contributed by atoms with Crippen LogP contribution in [0.5, 0.6) is 0 Å². The molecule has 2 rings (SSSR count). The first kappa shape index (κ1) is 10.9. The number of carbonyl (C=O) groups excluding carboxylic acids is 1. The Kier molecular flexibility index (Phi) is 3.59. The largest absolute Gasteiger partial charge is 0.379 e. The molecule has 86 valence electrons. The van der Waals surface area contributed by atoms with Crippen LogP contribution >= 0.6 is 0 Å². The Balaban J connectivity index is 1.68. The molecule has 1 heterocycles. The lowest BCUT2D eigenvalue weighted by atomic mass is 10.0. The predicted molar refractivity (Wildman–Crippen MR) is 57.5 cm³/mol. The molecule has 0 radical (unpaired) electrons. The van der Waals surface area contributed by atoms with Crippen molar-refractivity contribution in [2.75, 3.05) is 26.8 Å². The summed E-state index contributed by atoms with van der Waals surface area (Å²) >= 11 is 0. The van der Waals surface area contributed by atoms with E-state index in [1.54, 1.807) is 0 Å². The van der Waals surface area contributed by atoms with Crippen molar-refractivity contribution in [2.45, 2.75) is 25.3 Å². The van der Waals surface area contributed by atoms with Crippen molar-refractivity contribution in [2.24, 2.45) is 11.8 Å². The average molecular weight is 212 g/mol. The molecule has 15 heavy (non-hydrogen) atoms. The monoisotopic (exact) mass is 212 g/mol. The first-order valence-corrected chi connectivity index (χ1v) is 5.84. The maximum Gasteiger partial charge on any atom is 0.227 e. The van der Waals surface area contributed by atoms with Crippen molar-refractivity contribution in [1.29, 1.82) is 0 Å². The van der Waals surface area contributed by atoms with Crippen LogP contribution in [0, 0.1) is 11.8 Å². The second-order valence-electron chi connectivity index (χ2n) is 4.56. The van der Waals surface area contributed by atoms with E-state index in [-0.39, 0.29) is 17.9 Å². The average Bonchev–Trinajstić information content (AvgIpc) is 2.94. The highest BCUT2D eigenvalue weighted by Gasteiger charge is 2.32. The van der Waals surface area contributed by atoms with Gasteiger partial charge in [-0.05, 0) is 19.4 Å². The fraction of sp³-hybridized carbons (Fsp3) is 0.909. The Morgan fingerprint density at radius 2 is 2.20 bits per heavy atom. The number of hydrogen-bond acceptors (Lipinski definition) is 3. The number of likely N-dealkylation sites (N-methyl/N-ethyl adjacent to an activating group) is 1. The lowest BCUT2D eigenvalue weighted by molar-refractivity contribution is -0.125. The summed E-state index contributed by atoms with van der Waals surface area (Å²) in [5.74, 6) is 1.02. The van der Waals surface area contributed by atoms with E-state index >= 15 is 0 Å². The van der Waals surface area contributed by atoms with E-state index in [0.29, 0.717) is 13.2 Å². The molecular weight excluding hydrogens is 192 g/mol. The number of carbonyl (C=O) groups is 1. The van der Waals surface area contributed by atoms with Gasteiger partial charge in [-0.1, -0.05) is 12.8 Å². The van der Waals surface area contributed by atoms with Crippen LogP contribution in [0.25, 0.3) is 0 Å². The number of nitrogens with one attached hydrogen (secondary N) is 2. The van der Waals surface area contributed by atoms with E-state index < -0.39 is 0 Å². The van der Waals surface area contributed by atoms with Crippen molar-refractivity contribution in [1.82, 2.24) is 10.6 Å². The first-order chi connectivity index (χ1) is 7.31. The van der Waals surface area contributed by atoms with Crippen LogP contribution in [0.4, 0.5) is 0 Å². The second-order valence-corrected chi connectivity index (χ2v) is 4.56. The zero-order valence-electron chi connectivity index (χ0n) is 9.29. The van der Waals surface area contributed by atoms with Gasteiger partial charge in [-0.25, -0.2) is 0 Å². The van der Waals surface area contributed by atoms with E-state index in [0.717, 1.165) is 18.9 Å². The van der Waals surface area contributed by atoms with Gasteiger partial charge in [0, 0.05) is 12.6 Å². The quantitative estimate of drug-likeness (QED) is 0.681. The highest BCUT2D eigenvalue weighted by atomic mass is 16.5. The Morgan fingerprint density at radius 1 is 1.40 bits per heavy atom. The minimum absolute atomic E-state index is 0.00537. The molecule has 1 amide bonds. The van der Waals surface area contributed by atoms with Gasteiger partial charge in [0.1, 0.15) is 0 Å². The molecule has 2 atom stereocenters. The maximum atomic E-state index is 11.8. The standard InChI is InChI=1S/C11H20N2O2/c1-12-10-7-15-6-9(10)11(14)13-5-4-8-2-3-8/h8-10,12H,2-7H2,1H3,(H,13,14). The van der Waals surface area contributed by atoms with E-state index in [2.05, 4.69) is 10.6 Å². The van der Waals surface area contributed by atoms with Gasteiger partial charge in [0.2, 0.25) is 5.91 Å². The number of hydrogen-bond donors (Lipinski definition) is 2. The van der Waals surface area contributed by atoms with E-state index in [1.807, 2.05) is 7.05 Å². The normalized spacial score (nSPS) is 30.5. The van der Waals surface area contributed by atoms with Crippen LogP contribution in [-0.4, -0.2) is 38.8 Å². The van der Waals surface area contributed by atoms with Crippen molar-refractivity contribution in [3.63, 3.8) is 0 Å². The Labute approximate surface area is 90.8 Å². The minimum atomic E-state index is -0.00537. The minimum Gasteiger partial charge on any atom is -0.379 e. The third-order valence-corrected chi connectivity index (χ3v) is 3.34. The second kappa shape index (κ2) is 4.94. The summed E-state index contributed by atoms with van der Waals surface area (Å²) in [7, 11) is 1.88. The third kappa shape index (κ3) is 2.92.